The highest BCUT2D eigenvalue weighted by Gasteiger charge is 2.30. The third kappa shape index (κ3) is 2.96. The number of ether oxygens (including phenoxy) is 1. The number of hydrogen-bond acceptors (Lipinski definition) is 3. The van der Waals surface area contributed by atoms with Crippen molar-refractivity contribution < 1.29 is 13.9 Å². The van der Waals surface area contributed by atoms with E-state index in [1.807, 2.05) is 0 Å². The third-order valence-corrected chi connectivity index (χ3v) is 3.17. The van der Waals surface area contributed by atoms with E-state index in [0.717, 1.165) is 0 Å². The molecule has 1 atom stereocenters. The van der Waals surface area contributed by atoms with Crippen molar-refractivity contribution >= 4 is 23.3 Å². The molecule has 0 unspecified atom stereocenters. The largest absolute Gasteiger partial charge is 0.463 e. The second-order valence-corrected chi connectivity index (χ2v) is 4.75. The Morgan fingerprint density at radius 1 is 1.50 bits per heavy atom. The van der Waals surface area contributed by atoms with Gasteiger partial charge in [0.25, 0.3) is 0 Å². The molecule has 2 N–H and O–H groups in total. The van der Waals surface area contributed by atoms with Crippen molar-refractivity contribution in [2.45, 2.75) is 19.9 Å². The second-order valence-electron chi connectivity index (χ2n) is 4.35. The number of carbonyl (C=O) groups excluding carboxylic acids is 1. The Bertz CT molecular complexity index is 586. The van der Waals surface area contributed by atoms with Crippen molar-refractivity contribution in [1.82, 2.24) is 10.6 Å². The molecule has 0 fully saturated rings. The predicted molar refractivity (Wildman–Crippen MR) is 77.3 cm³/mol. The van der Waals surface area contributed by atoms with E-state index in [2.05, 4.69) is 10.6 Å². The van der Waals surface area contributed by atoms with Crippen molar-refractivity contribution in [2.24, 2.45) is 0 Å². The van der Waals surface area contributed by atoms with E-state index >= 15 is 0 Å². The summed E-state index contributed by atoms with van der Waals surface area (Å²) in [6, 6.07) is 5.54. The van der Waals surface area contributed by atoms with Crippen LogP contribution in [0.2, 0.25) is 0 Å². The minimum atomic E-state index is -0.515. The van der Waals surface area contributed by atoms with E-state index in [4.69, 9.17) is 17.0 Å². The van der Waals surface area contributed by atoms with Gasteiger partial charge in [0.15, 0.2) is 5.11 Å². The van der Waals surface area contributed by atoms with Crippen LogP contribution in [0, 0.1) is 5.82 Å². The molecule has 0 amide bonds. The molecule has 0 aliphatic carbocycles. The van der Waals surface area contributed by atoms with E-state index in [-0.39, 0.29) is 12.4 Å². The molecule has 0 saturated carbocycles. The molecule has 20 heavy (non-hydrogen) atoms. The number of allylic oxidation sites excluding steroid dienone is 1. The first kappa shape index (κ1) is 14.5. The number of rotatable bonds is 3. The maximum absolute atomic E-state index is 13.4. The van der Waals surface area contributed by atoms with E-state index in [1.165, 1.54) is 12.1 Å². The maximum atomic E-state index is 13.4. The fraction of sp³-hybridized carbons (Fsp3) is 0.286. The van der Waals surface area contributed by atoms with Gasteiger partial charge in [-0.2, -0.15) is 0 Å². The van der Waals surface area contributed by atoms with Crippen molar-refractivity contribution in [2.75, 3.05) is 6.61 Å². The van der Waals surface area contributed by atoms with Gasteiger partial charge >= 0.3 is 5.97 Å². The van der Waals surface area contributed by atoms with Crippen LogP contribution in [-0.4, -0.2) is 17.7 Å². The van der Waals surface area contributed by atoms with Crippen LogP contribution in [0.5, 0.6) is 0 Å². The molecule has 1 aliphatic heterocycles. The molecule has 4 nitrogen and oxygen atoms in total. The third-order valence-electron chi connectivity index (χ3n) is 2.95. The highest BCUT2D eigenvalue weighted by Crippen LogP contribution is 2.27. The lowest BCUT2D eigenvalue weighted by Crippen LogP contribution is -2.45. The van der Waals surface area contributed by atoms with Gasteiger partial charge in [-0.05, 0) is 43.8 Å². The number of benzene rings is 1. The monoisotopic (exact) mass is 294 g/mol. The van der Waals surface area contributed by atoms with E-state index in [9.17, 15) is 9.18 Å². The van der Waals surface area contributed by atoms with Gasteiger partial charge in [0, 0.05) is 5.70 Å². The number of halogens is 1. The summed E-state index contributed by atoms with van der Waals surface area (Å²) in [7, 11) is 0. The summed E-state index contributed by atoms with van der Waals surface area (Å²) in [4.78, 5) is 12.1. The zero-order valence-corrected chi connectivity index (χ0v) is 12.0. The van der Waals surface area contributed by atoms with Crippen LogP contribution in [0.3, 0.4) is 0 Å². The SMILES string of the molecule is CCOC(=O)C1=C(C)NC(=S)N[C@@H]1c1cccc(F)c1. The molecule has 0 spiro atoms. The van der Waals surface area contributed by atoms with E-state index < -0.39 is 12.0 Å². The van der Waals surface area contributed by atoms with Gasteiger partial charge in [-0.15, -0.1) is 0 Å². The molecule has 1 heterocycles. The average molecular weight is 294 g/mol. The standard InChI is InChI=1S/C14H15FN2O2S/c1-3-19-13(18)11-8(2)16-14(20)17-12(11)9-5-4-6-10(15)7-9/h4-7,12H,3H2,1-2H3,(H2,16,17,20)/t12-/m1/s1. The lowest BCUT2D eigenvalue weighted by atomic mass is 9.95. The van der Waals surface area contributed by atoms with Crippen molar-refractivity contribution in [3.05, 3.63) is 46.9 Å². The summed E-state index contributed by atoms with van der Waals surface area (Å²) in [6.07, 6.45) is 0. The Labute approximate surface area is 122 Å². The van der Waals surface area contributed by atoms with Gasteiger partial charge in [0.2, 0.25) is 0 Å². The van der Waals surface area contributed by atoms with Crippen LogP contribution in [0.25, 0.3) is 0 Å². The molecule has 6 heteroatoms. The van der Waals surface area contributed by atoms with Crippen molar-refractivity contribution in [1.29, 1.82) is 0 Å². The predicted octanol–water partition coefficient (Wildman–Crippen LogP) is 2.18. The first-order valence-electron chi connectivity index (χ1n) is 6.23. The molecule has 1 aromatic carbocycles. The zero-order valence-electron chi connectivity index (χ0n) is 11.2. The quantitative estimate of drug-likeness (QED) is 0.661. The molecule has 0 radical (unpaired) electrons. The minimum absolute atomic E-state index is 0.274. The molecule has 1 aromatic rings. The lowest BCUT2D eigenvalue weighted by Gasteiger charge is -2.29. The molecular formula is C14H15FN2O2S. The number of esters is 1. The van der Waals surface area contributed by atoms with Crippen LogP contribution in [0.4, 0.5) is 4.39 Å². The second kappa shape index (κ2) is 6.00. The van der Waals surface area contributed by atoms with Crippen molar-refractivity contribution in [3.8, 4) is 0 Å². The first-order chi connectivity index (χ1) is 9.52. The van der Waals surface area contributed by atoms with Gasteiger partial charge in [0.1, 0.15) is 5.82 Å². The van der Waals surface area contributed by atoms with Gasteiger partial charge in [-0.3, -0.25) is 0 Å². The summed E-state index contributed by atoms with van der Waals surface area (Å²) in [5, 5.41) is 6.26. The van der Waals surface area contributed by atoms with Crippen LogP contribution >= 0.6 is 12.2 Å². The molecular weight excluding hydrogens is 279 g/mol. The molecule has 2 rings (SSSR count). The number of carbonyl (C=O) groups is 1. The summed E-state index contributed by atoms with van der Waals surface area (Å²) < 4.78 is 18.4. The first-order valence-corrected chi connectivity index (χ1v) is 6.64. The minimum Gasteiger partial charge on any atom is -0.463 e. The van der Waals surface area contributed by atoms with Gasteiger partial charge < -0.3 is 15.4 Å². The Morgan fingerprint density at radius 2 is 2.25 bits per heavy atom. The van der Waals surface area contributed by atoms with Crippen LogP contribution in [0.1, 0.15) is 25.5 Å². The Hall–Kier alpha value is -1.95. The summed E-state index contributed by atoms with van der Waals surface area (Å²) >= 11 is 5.09. The van der Waals surface area contributed by atoms with Crippen LogP contribution in [-0.2, 0) is 9.53 Å². The maximum Gasteiger partial charge on any atom is 0.338 e. The van der Waals surface area contributed by atoms with Crippen molar-refractivity contribution in [3.63, 3.8) is 0 Å². The van der Waals surface area contributed by atoms with Gasteiger partial charge in [0.05, 0.1) is 18.2 Å². The summed E-state index contributed by atoms with van der Waals surface area (Å²) in [6.45, 7) is 3.75. The summed E-state index contributed by atoms with van der Waals surface area (Å²) in [5.41, 5.74) is 1.64. The smallest absolute Gasteiger partial charge is 0.338 e. The van der Waals surface area contributed by atoms with Gasteiger partial charge in [-0.1, -0.05) is 12.1 Å². The molecule has 1 aliphatic rings. The zero-order chi connectivity index (χ0) is 14.7. The topological polar surface area (TPSA) is 50.4 Å². The highest BCUT2D eigenvalue weighted by atomic mass is 32.1. The summed E-state index contributed by atoms with van der Waals surface area (Å²) in [5.74, 6) is -0.809. The Balaban J connectivity index is 2.44. The van der Waals surface area contributed by atoms with Gasteiger partial charge in [-0.25, -0.2) is 9.18 Å². The fourth-order valence-electron chi connectivity index (χ4n) is 2.11. The molecule has 0 aromatic heterocycles. The number of nitrogens with one attached hydrogen (secondary N) is 2. The normalized spacial score (nSPS) is 18.4. The number of thiocarbonyl (C=S) groups is 1. The average Bonchev–Trinajstić information content (AvgIpc) is 2.37. The highest BCUT2D eigenvalue weighted by molar-refractivity contribution is 7.80. The molecule has 106 valence electrons. The van der Waals surface area contributed by atoms with E-state index in [1.54, 1.807) is 26.0 Å². The van der Waals surface area contributed by atoms with Crippen LogP contribution < -0.4 is 10.6 Å². The molecule has 0 saturated heterocycles. The Kier molecular flexibility index (Phi) is 4.34. The Morgan fingerprint density at radius 3 is 2.90 bits per heavy atom. The van der Waals surface area contributed by atoms with E-state index in [0.29, 0.717) is 21.9 Å². The lowest BCUT2D eigenvalue weighted by molar-refractivity contribution is -0.139. The van der Waals surface area contributed by atoms with Crippen LogP contribution in [0.15, 0.2) is 35.5 Å². The molecule has 0 bridgehead atoms. The number of hydrogen-bond donors (Lipinski definition) is 2. The fourth-order valence-corrected chi connectivity index (χ4v) is 2.38.